The fraction of sp³-hybridized carbons (Fsp3) is 0.351. The van der Waals surface area contributed by atoms with E-state index in [2.05, 4.69) is 15.4 Å². The Balaban J connectivity index is 1.36. The van der Waals surface area contributed by atoms with Crippen molar-refractivity contribution in [2.45, 2.75) is 57.5 Å². The van der Waals surface area contributed by atoms with Crippen molar-refractivity contribution < 1.29 is 36.7 Å². The van der Waals surface area contributed by atoms with Crippen LogP contribution >= 0.6 is 30.3 Å². The van der Waals surface area contributed by atoms with Gasteiger partial charge in [-0.25, -0.2) is 27.5 Å². The Morgan fingerprint density at radius 3 is 2.48 bits per heavy atom. The van der Waals surface area contributed by atoms with Gasteiger partial charge in [0.25, 0.3) is 0 Å². The van der Waals surface area contributed by atoms with Crippen LogP contribution in [0.3, 0.4) is 0 Å². The molecule has 5 aromatic rings. The topological polar surface area (TPSA) is 115 Å². The van der Waals surface area contributed by atoms with Crippen molar-refractivity contribution in [3.05, 3.63) is 123 Å². The van der Waals surface area contributed by atoms with Gasteiger partial charge in [-0.3, -0.25) is 0 Å². The van der Waals surface area contributed by atoms with Gasteiger partial charge in [0.15, 0.2) is 29.6 Å². The normalized spacial score (nSPS) is 23.2. The first-order valence-electron chi connectivity index (χ1n) is 17.3. The molecule has 0 aliphatic carbocycles. The van der Waals surface area contributed by atoms with Gasteiger partial charge in [-0.15, -0.1) is 5.10 Å². The zero-order valence-corrected chi connectivity index (χ0v) is 31.8. The third-order valence-electron chi connectivity index (χ3n) is 9.48. The standard InChI is InChI=1S/C37H36Cl2F3N6O5P/c1-4-54(49,5-2)15-9-14-50-34-32(47-19-28(44-46-47)23-16-26(40)31(42)27(41)17-23)33-30(20-51-37(53-33)22-10-7-6-8-11-22)52-35(34)36-43-21(3)45-48(36)29-18-24(38)12-13-25(29)39/h6-13,15-19,30,32-35,37H,4-5,14,20H2,1-3H3/b15-9+. The zero-order chi connectivity index (χ0) is 38.1. The summed E-state index contributed by atoms with van der Waals surface area (Å²) in [7, 11) is -2.56. The lowest BCUT2D eigenvalue weighted by Crippen LogP contribution is -2.57. The first-order valence-corrected chi connectivity index (χ1v) is 20.2. The third kappa shape index (κ3) is 7.79. The summed E-state index contributed by atoms with van der Waals surface area (Å²) >= 11 is 13.1. The highest BCUT2D eigenvalue weighted by molar-refractivity contribution is 7.66. The Labute approximate surface area is 319 Å². The quantitative estimate of drug-likeness (QED) is 0.0956. The van der Waals surface area contributed by atoms with Gasteiger partial charge in [-0.05, 0) is 43.1 Å². The van der Waals surface area contributed by atoms with Crippen LogP contribution in [0.1, 0.15) is 49.5 Å². The van der Waals surface area contributed by atoms with E-state index in [1.165, 1.54) is 15.6 Å². The average molecular weight is 804 g/mol. The Bertz CT molecular complexity index is 2180. The molecule has 6 unspecified atom stereocenters. The molecule has 0 N–H and O–H groups in total. The van der Waals surface area contributed by atoms with Gasteiger partial charge < -0.3 is 23.5 Å². The summed E-state index contributed by atoms with van der Waals surface area (Å²) in [6, 6.07) is 15.1. The van der Waals surface area contributed by atoms with Gasteiger partial charge in [0, 0.05) is 28.5 Å². The van der Waals surface area contributed by atoms with E-state index < -0.39 is 61.3 Å². The molecule has 17 heteroatoms. The van der Waals surface area contributed by atoms with E-state index in [9.17, 15) is 17.7 Å². The van der Waals surface area contributed by atoms with E-state index in [-0.39, 0.29) is 24.5 Å². The Hall–Kier alpha value is -3.88. The lowest BCUT2D eigenvalue weighted by Gasteiger charge is -2.49. The van der Waals surface area contributed by atoms with E-state index in [1.807, 2.05) is 44.2 Å². The van der Waals surface area contributed by atoms with Crippen LogP contribution in [0, 0.1) is 24.4 Å². The number of ether oxygens (including phenoxy) is 4. The molecule has 0 radical (unpaired) electrons. The molecule has 0 spiro atoms. The minimum Gasteiger partial charge on any atom is -0.369 e. The van der Waals surface area contributed by atoms with Gasteiger partial charge in [-0.1, -0.05) is 78.7 Å². The summed E-state index contributed by atoms with van der Waals surface area (Å²) in [4.78, 5) is 4.77. The number of hydrogen-bond acceptors (Lipinski definition) is 9. The van der Waals surface area contributed by atoms with E-state index >= 15 is 0 Å². The van der Waals surface area contributed by atoms with Crippen LogP contribution in [0.2, 0.25) is 10.0 Å². The van der Waals surface area contributed by atoms with E-state index in [1.54, 1.807) is 37.0 Å². The van der Waals surface area contributed by atoms with Crippen LogP contribution in [-0.2, 0) is 23.5 Å². The predicted molar refractivity (Wildman–Crippen MR) is 196 cm³/mol. The van der Waals surface area contributed by atoms with Crippen molar-refractivity contribution in [2.24, 2.45) is 0 Å². The van der Waals surface area contributed by atoms with E-state index in [4.69, 9.17) is 47.1 Å². The van der Waals surface area contributed by atoms with E-state index in [0.717, 1.165) is 17.7 Å². The second-order valence-electron chi connectivity index (χ2n) is 12.9. The smallest absolute Gasteiger partial charge is 0.194 e. The Kier molecular flexibility index (Phi) is 11.4. The second-order valence-corrected chi connectivity index (χ2v) is 17.2. The summed E-state index contributed by atoms with van der Waals surface area (Å²) in [5.41, 5.74) is 1.23. The Morgan fingerprint density at radius 1 is 1.02 bits per heavy atom. The van der Waals surface area contributed by atoms with Crippen molar-refractivity contribution in [1.29, 1.82) is 0 Å². The number of benzene rings is 3. The molecular weight excluding hydrogens is 767 g/mol. The van der Waals surface area contributed by atoms with Crippen molar-refractivity contribution in [1.82, 2.24) is 29.8 Å². The van der Waals surface area contributed by atoms with Crippen LogP contribution < -0.4 is 0 Å². The fourth-order valence-corrected chi connectivity index (χ4v) is 8.31. The number of hydrogen-bond donors (Lipinski definition) is 0. The first kappa shape index (κ1) is 38.4. The largest absolute Gasteiger partial charge is 0.369 e. The highest BCUT2D eigenvalue weighted by Gasteiger charge is 2.53. The summed E-state index contributed by atoms with van der Waals surface area (Å²) in [5, 5.41) is 14.0. The lowest BCUT2D eigenvalue weighted by molar-refractivity contribution is -0.322. The molecule has 7 rings (SSSR count). The molecule has 2 aliphatic rings. The second kappa shape index (κ2) is 16.1. The summed E-state index contributed by atoms with van der Waals surface area (Å²) < 4.78 is 85.2. The molecule has 11 nitrogen and oxygen atoms in total. The van der Waals surface area contributed by atoms with Gasteiger partial charge >= 0.3 is 0 Å². The number of nitrogens with zero attached hydrogens (tertiary/aromatic N) is 6. The van der Waals surface area contributed by atoms with Crippen molar-refractivity contribution in [3.63, 3.8) is 0 Å². The third-order valence-corrected chi connectivity index (χ3v) is 12.9. The average Bonchev–Trinajstić information content (AvgIpc) is 3.83. The van der Waals surface area contributed by atoms with Gasteiger partial charge in [-0.2, -0.15) is 5.10 Å². The molecule has 2 fully saturated rings. The number of halogens is 5. The maximum absolute atomic E-state index is 14.4. The highest BCUT2D eigenvalue weighted by atomic mass is 35.5. The number of rotatable bonds is 11. The first-order chi connectivity index (χ1) is 26.0. The summed E-state index contributed by atoms with van der Waals surface area (Å²) in [6.45, 7) is 5.55. The molecule has 0 amide bonds. The van der Waals surface area contributed by atoms with Crippen LogP contribution in [-0.4, -0.2) is 73.6 Å². The Morgan fingerprint density at radius 2 is 1.76 bits per heavy atom. The number of aromatic nitrogens is 6. The fourth-order valence-electron chi connectivity index (χ4n) is 6.61. The predicted octanol–water partition coefficient (Wildman–Crippen LogP) is 8.66. The highest BCUT2D eigenvalue weighted by Crippen LogP contribution is 2.47. The molecule has 2 aromatic heterocycles. The molecule has 4 heterocycles. The minimum absolute atomic E-state index is 0.00198. The molecule has 284 valence electrons. The summed E-state index contributed by atoms with van der Waals surface area (Å²) in [5.74, 6) is -1.93. The molecular formula is C37H36Cl2F3N6O5P. The minimum atomic E-state index is -2.56. The summed E-state index contributed by atoms with van der Waals surface area (Å²) in [6.07, 6.45) is -0.105. The van der Waals surface area contributed by atoms with Crippen LogP contribution in [0.25, 0.3) is 16.9 Å². The van der Waals surface area contributed by atoms with Crippen molar-refractivity contribution in [3.8, 4) is 16.9 Å². The molecule has 2 saturated heterocycles. The molecule has 0 saturated carbocycles. The van der Waals surface area contributed by atoms with Gasteiger partial charge in [0.05, 0.1) is 30.1 Å². The van der Waals surface area contributed by atoms with E-state index in [0.29, 0.717) is 39.7 Å². The SMILES string of the molecule is CCP(=O)(/C=C/COC1C(c2nc(C)nn2-c2cc(Cl)ccc2Cl)OC2COC(c3ccccc3)OC2C1n1cc(-c2cc(F)c(F)c(F)c2)nn1)CC. The lowest BCUT2D eigenvalue weighted by atomic mass is 9.90. The van der Waals surface area contributed by atoms with Gasteiger partial charge in [0.2, 0.25) is 0 Å². The molecule has 0 bridgehead atoms. The molecule has 6 atom stereocenters. The molecule has 2 aliphatic heterocycles. The maximum atomic E-state index is 14.4. The maximum Gasteiger partial charge on any atom is 0.194 e. The number of aryl methyl sites for hydroxylation is 1. The van der Waals surface area contributed by atoms with Gasteiger partial charge in [0.1, 0.15) is 49.1 Å². The zero-order valence-electron chi connectivity index (χ0n) is 29.4. The van der Waals surface area contributed by atoms with Crippen LogP contribution in [0.15, 0.2) is 78.8 Å². The van der Waals surface area contributed by atoms with Crippen LogP contribution in [0.4, 0.5) is 13.2 Å². The van der Waals surface area contributed by atoms with Crippen molar-refractivity contribution in [2.75, 3.05) is 25.5 Å². The molecule has 54 heavy (non-hydrogen) atoms. The molecule has 3 aromatic carbocycles. The van der Waals surface area contributed by atoms with Crippen molar-refractivity contribution >= 4 is 30.3 Å². The van der Waals surface area contributed by atoms with Crippen LogP contribution in [0.5, 0.6) is 0 Å². The monoisotopic (exact) mass is 802 g/mol. The number of fused-ring (bicyclic) bond motifs is 1.